The van der Waals surface area contributed by atoms with Gasteiger partial charge in [-0.25, -0.2) is 4.79 Å². The molecule has 1 N–H and O–H groups in total. The van der Waals surface area contributed by atoms with Crippen LogP contribution in [0.3, 0.4) is 0 Å². The van der Waals surface area contributed by atoms with Crippen LogP contribution in [0.4, 0.5) is 4.79 Å². The number of aliphatic hydroxyl groups is 1. The molecule has 3 aliphatic rings. The molecule has 4 nitrogen and oxygen atoms in total. The first kappa shape index (κ1) is 19.4. The number of ether oxygens (including phenoxy) is 1. The molecule has 1 aliphatic carbocycles. The number of hydrogen-bond donors (Lipinski definition) is 1. The van der Waals surface area contributed by atoms with Gasteiger partial charge in [-0.1, -0.05) is 60.2 Å². The van der Waals surface area contributed by atoms with Gasteiger partial charge in [0.1, 0.15) is 6.61 Å². The van der Waals surface area contributed by atoms with E-state index >= 15 is 0 Å². The molecule has 1 amide bonds. The highest BCUT2D eigenvalue weighted by molar-refractivity contribution is 5.79. The monoisotopic (exact) mass is 403 g/mol. The molecule has 2 atom stereocenters. The fourth-order valence-electron chi connectivity index (χ4n) is 5.88. The third-order valence-corrected chi connectivity index (χ3v) is 6.90. The van der Waals surface area contributed by atoms with Crippen LogP contribution in [0, 0.1) is 0 Å². The van der Waals surface area contributed by atoms with Crippen molar-refractivity contribution in [1.82, 2.24) is 4.90 Å². The zero-order valence-corrected chi connectivity index (χ0v) is 17.7. The van der Waals surface area contributed by atoms with Gasteiger partial charge in [0.25, 0.3) is 0 Å². The van der Waals surface area contributed by atoms with Gasteiger partial charge in [0, 0.05) is 30.8 Å². The SMILES string of the molecule is CC(C)=CC1(O)CC2CCC(C1)N2C(=O)OCC1c2ccccc2-c2ccccc21. The molecule has 5 rings (SSSR count). The molecule has 2 heterocycles. The van der Waals surface area contributed by atoms with E-state index in [0.717, 1.165) is 18.4 Å². The van der Waals surface area contributed by atoms with Crippen LogP contribution in [0.25, 0.3) is 11.1 Å². The van der Waals surface area contributed by atoms with E-state index in [1.807, 2.05) is 24.8 Å². The Balaban J connectivity index is 1.32. The highest BCUT2D eigenvalue weighted by Crippen LogP contribution is 2.45. The highest BCUT2D eigenvalue weighted by Gasteiger charge is 2.49. The number of amides is 1. The van der Waals surface area contributed by atoms with E-state index in [0.29, 0.717) is 19.4 Å². The summed E-state index contributed by atoms with van der Waals surface area (Å²) in [7, 11) is 0. The van der Waals surface area contributed by atoms with Crippen LogP contribution in [0.5, 0.6) is 0 Å². The van der Waals surface area contributed by atoms with Crippen LogP contribution < -0.4 is 0 Å². The maximum atomic E-state index is 13.1. The van der Waals surface area contributed by atoms with Gasteiger partial charge in [-0.05, 0) is 48.9 Å². The van der Waals surface area contributed by atoms with Crippen molar-refractivity contribution in [3.05, 3.63) is 71.3 Å². The van der Waals surface area contributed by atoms with Gasteiger partial charge in [0.05, 0.1) is 5.60 Å². The van der Waals surface area contributed by atoms with Crippen LogP contribution in [-0.4, -0.2) is 40.4 Å². The van der Waals surface area contributed by atoms with Gasteiger partial charge < -0.3 is 14.7 Å². The maximum Gasteiger partial charge on any atom is 0.410 e. The third-order valence-electron chi connectivity index (χ3n) is 6.90. The fourth-order valence-corrected chi connectivity index (χ4v) is 5.88. The van der Waals surface area contributed by atoms with E-state index in [2.05, 4.69) is 48.5 Å². The van der Waals surface area contributed by atoms with Crippen molar-refractivity contribution in [2.75, 3.05) is 6.61 Å². The van der Waals surface area contributed by atoms with Gasteiger partial charge in [-0.15, -0.1) is 0 Å². The zero-order chi connectivity index (χ0) is 20.9. The molecular weight excluding hydrogens is 374 g/mol. The van der Waals surface area contributed by atoms with Gasteiger partial charge in [-0.2, -0.15) is 0 Å². The first-order valence-corrected chi connectivity index (χ1v) is 11.0. The lowest BCUT2D eigenvalue weighted by atomic mass is 9.85. The summed E-state index contributed by atoms with van der Waals surface area (Å²) in [5, 5.41) is 11.0. The third kappa shape index (κ3) is 3.24. The molecule has 0 radical (unpaired) electrons. The molecule has 2 aliphatic heterocycles. The first-order chi connectivity index (χ1) is 14.5. The number of hydrogen-bond acceptors (Lipinski definition) is 3. The summed E-state index contributed by atoms with van der Waals surface area (Å²) in [6.45, 7) is 4.37. The Kier molecular flexibility index (Phi) is 4.70. The number of nitrogens with zero attached hydrogens (tertiary/aromatic N) is 1. The maximum absolute atomic E-state index is 13.1. The minimum absolute atomic E-state index is 0.0556. The minimum atomic E-state index is -0.801. The van der Waals surface area contributed by atoms with Gasteiger partial charge in [-0.3, -0.25) is 0 Å². The summed E-state index contributed by atoms with van der Waals surface area (Å²) in [6, 6.07) is 16.9. The van der Waals surface area contributed by atoms with Crippen LogP contribution in [0.1, 0.15) is 56.6 Å². The average molecular weight is 404 g/mol. The van der Waals surface area contributed by atoms with Gasteiger partial charge in [0.15, 0.2) is 0 Å². The molecule has 4 heteroatoms. The van der Waals surface area contributed by atoms with Crippen molar-refractivity contribution in [1.29, 1.82) is 0 Å². The Morgan fingerprint density at radius 3 is 2.10 bits per heavy atom. The van der Waals surface area contributed by atoms with E-state index in [1.54, 1.807) is 0 Å². The minimum Gasteiger partial charge on any atom is -0.448 e. The number of benzene rings is 2. The van der Waals surface area contributed by atoms with E-state index < -0.39 is 5.60 Å². The topological polar surface area (TPSA) is 49.8 Å². The van der Waals surface area contributed by atoms with E-state index in [1.165, 1.54) is 22.3 Å². The van der Waals surface area contributed by atoms with Crippen LogP contribution in [0.15, 0.2) is 60.2 Å². The summed E-state index contributed by atoms with van der Waals surface area (Å²) in [5.41, 5.74) is 5.24. The fraction of sp³-hybridized carbons (Fsp3) is 0.423. The lowest BCUT2D eigenvalue weighted by Gasteiger charge is -2.42. The molecule has 2 saturated heterocycles. The van der Waals surface area contributed by atoms with E-state index in [4.69, 9.17) is 4.74 Å². The van der Waals surface area contributed by atoms with Gasteiger partial charge in [0.2, 0.25) is 0 Å². The molecule has 2 bridgehead atoms. The second-order valence-electron chi connectivity index (χ2n) is 9.33. The molecule has 2 aromatic rings. The predicted molar refractivity (Wildman–Crippen MR) is 117 cm³/mol. The highest BCUT2D eigenvalue weighted by atomic mass is 16.6. The summed E-state index contributed by atoms with van der Waals surface area (Å²) in [4.78, 5) is 15.0. The second-order valence-corrected chi connectivity index (χ2v) is 9.33. The number of fused-ring (bicyclic) bond motifs is 5. The lowest BCUT2D eigenvalue weighted by molar-refractivity contribution is -0.0175. The lowest BCUT2D eigenvalue weighted by Crippen LogP contribution is -2.52. The molecule has 30 heavy (non-hydrogen) atoms. The number of allylic oxidation sites excluding steroid dienone is 1. The average Bonchev–Trinajstić information content (AvgIpc) is 3.18. The Labute approximate surface area is 178 Å². The van der Waals surface area contributed by atoms with Crippen molar-refractivity contribution in [2.24, 2.45) is 0 Å². The van der Waals surface area contributed by atoms with E-state index in [-0.39, 0.29) is 24.1 Å². The molecule has 0 saturated carbocycles. The second kappa shape index (κ2) is 7.28. The summed E-state index contributed by atoms with van der Waals surface area (Å²) in [5.74, 6) is 0.0754. The molecule has 0 aromatic heterocycles. The van der Waals surface area contributed by atoms with Crippen molar-refractivity contribution in [3.8, 4) is 11.1 Å². The summed E-state index contributed by atoms with van der Waals surface area (Å²) < 4.78 is 5.90. The van der Waals surface area contributed by atoms with Crippen LogP contribution >= 0.6 is 0 Å². The Hall–Kier alpha value is -2.59. The molecule has 2 aromatic carbocycles. The Bertz CT molecular complexity index is 947. The van der Waals surface area contributed by atoms with Crippen LogP contribution in [-0.2, 0) is 4.74 Å². The van der Waals surface area contributed by atoms with E-state index in [9.17, 15) is 9.90 Å². The number of rotatable bonds is 3. The number of carbonyl (C=O) groups is 1. The molecule has 2 unspecified atom stereocenters. The van der Waals surface area contributed by atoms with Crippen molar-refractivity contribution in [2.45, 2.75) is 63.1 Å². The van der Waals surface area contributed by atoms with Crippen molar-refractivity contribution >= 4 is 6.09 Å². The smallest absolute Gasteiger partial charge is 0.410 e. The van der Waals surface area contributed by atoms with Crippen LogP contribution in [0.2, 0.25) is 0 Å². The van der Waals surface area contributed by atoms with Crippen molar-refractivity contribution < 1.29 is 14.6 Å². The molecule has 156 valence electrons. The Morgan fingerprint density at radius 2 is 1.57 bits per heavy atom. The zero-order valence-electron chi connectivity index (χ0n) is 17.7. The molecular formula is C26H29NO3. The summed E-state index contributed by atoms with van der Waals surface area (Å²) in [6.07, 6.45) is 4.80. The number of carbonyl (C=O) groups excluding carboxylic acids is 1. The molecule has 2 fully saturated rings. The van der Waals surface area contributed by atoms with Gasteiger partial charge >= 0.3 is 6.09 Å². The Morgan fingerprint density at radius 1 is 1.03 bits per heavy atom. The standard InChI is InChI=1S/C26H29NO3/c1-17(2)13-26(29)14-18-11-12-19(15-26)27(18)25(28)30-16-24-22-9-5-3-7-20(22)21-8-4-6-10-23(21)24/h3-10,13,18-19,24,29H,11-12,14-16H2,1-2H3. The molecule has 0 spiro atoms. The number of piperidine rings is 1. The summed E-state index contributed by atoms with van der Waals surface area (Å²) >= 11 is 0. The predicted octanol–water partition coefficient (Wildman–Crippen LogP) is 5.26. The normalized spacial score (nSPS) is 26.8. The quantitative estimate of drug-likeness (QED) is 0.711. The first-order valence-electron chi connectivity index (χ1n) is 11.0. The largest absolute Gasteiger partial charge is 0.448 e. The van der Waals surface area contributed by atoms with Crippen molar-refractivity contribution in [3.63, 3.8) is 0 Å².